The van der Waals surface area contributed by atoms with E-state index in [1.165, 1.54) is 32.6 Å². The smallest absolute Gasteiger partial charge is 0.341 e. The van der Waals surface area contributed by atoms with Crippen molar-refractivity contribution >= 4 is 17.5 Å². The average Bonchev–Trinajstić information content (AvgIpc) is 2.27. The van der Waals surface area contributed by atoms with E-state index >= 15 is 0 Å². The highest BCUT2D eigenvalue weighted by Gasteiger charge is 2.19. The molecule has 2 rings (SSSR count). The zero-order chi connectivity index (χ0) is 12.3. The van der Waals surface area contributed by atoms with Gasteiger partial charge in [-0.25, -0.2) is 9.78 Å². The zero-order valence-corrected chi connectivity index (χ0v) is 9.90. The van der Waals surface area contributed by atoms with Gasteiger partial charge in [0, 0.05) is 6.54 Å². The number of anilines is 2. The maximum absolute atomic E-state index is 11.6. The number of methoxy groups -OCH3 is 1. The number of carbonyl (C=O) groups excluding carboxylic acids is 1. The van der Waals surface area contributed by atoms with Crippen LogP contribution >= 0.6 is 0 Å². The SMILES string of the molecule is COC(=O)c1cc(N)cnc1NCC1CCC1. The van der Waals surface area contributed by atoms with E-state index in [4.69, 9.17) is 10.5 Å². The van der Waals surface area contributed by atoms with E-state index in [-0.39, 0.29) is 0 Å². The predicted octanol–water partition coefficient (Wildman–Crippen LogP) is 1.66. The molecule has 0 amide bonds. The Kier molecular flexibility index (Phi) is 3.46. The first-order chi connectivity index (χ1) is 8.20. The maximum Gasteiger partial charge on any atom is 0.341 e. The van der Waals surface area contributed by atoms with Crippen LogP contribution in [0.25, 0.3) is 0 Å². The molecule has 3 N–H and O–H groups in total. The fourth-order valence-corrected chi connectivity index (χ4v) is 1.83. The molecule has 5 nitrogen and oxygen atoms in total. The minimum atomic E-state index is -0.416. The molecule has 1 aliphatic carbocycles. The van der Waals surface area contributed by atoms with Gasteiger partial charge in [-0.05, 0) is 24.8 Å². The molecule has 0 radical (unpaired) electrons. The molecule has 17 heavy (non-hydrogen) atoms. The van der Waals surface area contributed by atoms with E-state index in [1.807, 2.05) is 0 Å². The lowest BCUT2D eigenvalue weighted by atomic mass is 9.85. The van der Waals surface area contributed by atoms with Gasteiger partial charge < -0.3 is 15.8 Å². The molecule has 0 spiro atoms. The number of nitrogens with one attached hydrogen (secondary N) is 1. The molecule has 5 heteroatoms. The number of rotatable bonds is 4. The number of hydrogen-bond acceptors (Lipinski definition) is 5. The topological polar surface area (TPSA) is 77.2 Å². The van der Waals surface area contributed by atoms with Crippen LogP contribution in [-0.4, -0.2) is 24.6 Å². The first-order valence-electron chi connectivity index (χ1n) is 5.78. The lowest BCUT2D eigenvalue weighted by molar-refractivity contribution is 0.0601. The molecule has 0 bridgehead atoms. The van der Waals surface area contributed by atoms with Gasteiger partial charge in [-0.2, -0.15) is 0 Å². The second-order valence-corrected chi connectivity index (χ2v) is 4.33. The number of nitrogens with two attached hydrogens (primary N) is 1. The van der Waals surface area contributed by atoms with Crippen LogP contribution in [0.5, 0.6) is 0 Å². The van der Waals surface area contributed by atoms with Crippen molar-refractivity contribution in [1.29, 1.82) is 0 Å². The zero-order valence-electron chi connectivity index (χ0n) is 9.90. The third kappa shape index (κ3) is 2.67. The van der Waals surface area contributed by atoms with E-state index in [1.54, 1.807) is 6.07 Å². The Balaban J connectivity index is 2.10. The van der Waals surface area contributed by atoms with Gasteiger partial charge >= 0.3 is 5.97 Å². The fraction of sp³-hybridized carbons (Fsp3) is 0.500. The molecule has 1 saturated carbocycles. The number of pyridine rings is 1. The van der Waals surface area contributed by atoms with Crippen molar-refractivity contribution in [3.8, 4) is 0 Å². The molecular formula is C12H17N3O2. The molecule has 1 aromatic rings. The molecule has 0 atom stereocenters. The summed E-state index contributed by atoms with van der Waals surface area (Å²) < 4.78 is 4.70. The van der Waals surface area contributed by atoms with Crippen molar-refractivity contribution in [3.05, 3.63) is 17.8 Å². The molecular weight excluding hydrogens is 218 g/mol. The average molecular weight is 235 g/mol. The van der Waals surface area contributed by atoms with E-state index < -0.39 is 5.97 Å². The summed E-state index contributed by atoms with van der Waals surface area (Å²) in [5.41, 5.74) is 6.47. The third-order valence-electron chi connectivity index (χ3n) is 3.10. The van der Waals surface area contributed by atoms with Gasteiger partial charge in [-0.3, -0.25) is 0 Å². The van der Waals surface area contributed by atoms with Crippen LogP contribution in [0.4, 0.5) is 11.5 Å². The van der Waals surface area contributed by atoms with Crippen molar-refractivity contribution in [2.24, 2.45) is 5.92 Å². The summed E-state index contributed by atoms with van der Waals surface area (Å²) in [6, 6.07) is 1.59. The highest BCUT2D eigenvalue weighted by atomic mass is 16.5. The lowest BCUT2D eigenvalue weighted by Crippen LogP contribution is -2.22. The fourth-order valence-electron chi connectivity index (χ4n) is 1.83. The summed E-state index contributed by atoms with van der Waals surface area (Å²) in [5, 5.41) is 3.19. The first-order valence-corrected chi connectivity index (χ1v) is 5.78. The maximum atomic E-state index is 11.6. The van der Waals surface area contributed by atoms with Crippen molar-refractivity contribution in [3.63, 3.8) is 0 Å². The number of esters is 1. The van der Waals surface area contributed by atoms with Crippen molar-refractivity contribution in [1.82, 2.24) is 4.98 Å². The second kappa shape index (κ2) is 5.03. The molecule has 1 aromatic heterocycles. The molecule has 0 aliphatic heterocycles. The summed E-state index contributed by atoms with van der Waals surface area (Å²) in [7, 11) is 1.35. The minimum absolute atomic E-state index is 0.395. The van der Waals surface area contributed by atoms with E-state index in [0.29, 0.717) is 23.0 Å². The standard InChI is InChI=1S/C12H17N3O2/c1-17-12(16)10-5-9(13)7-15-11(10)14-6-8-3-2-4-8/h5,7-8H,2-4,6,13H2,1H3,(H,14,15). The van der Waals surface area contributed by atoms with Gasteiger partial charge in [0.25, 0.3) is 0 Å². The molecule has 1 fully saturated rings. The highest BCUT2D eigenvalue weighted by Crippen LogP contribution is 2.27. The minimum Gasteiger partial charge on any atom is -0.465 e. The molecule has 0 saturated heterocycles. The van der Waals surface area contributed by atoms with Crippen LogP contribution in [0.3, 0.4) is 0 Å². The Bertz CT molecular complexity index is 416. The van der Waals surface area contributed by atoms with Crippen LogP contribution in [0.1, 0.15) is 29.6 Å². The number of nitrogen functional groups attached to an aromatic ring is 1. The summed E-state index contributed by atoms with van der Waals surface area (Å²) in [6.45, 7) is 0.848. The van der Waals surface area contributed by atoms with Crippen molar-refractivity contribution in [2.45, 2.75) is 19.3 Å². The van der Waals surface area contributed by atoms with Gasteiger partial charge in [0.1, 0.15) is 11.4 Å². The number of hydrogen-bond donors (Lipinski definition) is 2. The Morgan fingerprint density at radius 2 is 2.41 bits per heavy atom. The van der Waals surface area contributed by atoms with E-state index in [2.05, 4.69) is 10.3 Å². The lowest BCUT2D eigenvalue weighted by Gasteiger charge is -2.25. The molecule has 0 aromatic carbocycles. The summed E-state index contributed by atoms with van der Waals surface area (Å²) in [4.78, 5) is 15.7. The van der Waals surface area contributed by atoms with E-state index in [9.17, 15) is 4.79 Å². The first kappa shape index (κ1) is 11.7. The predicted molar refractivity (Wildman–Crippen MR) is 65.8 cm³/mol. The Hall–Kier alpha value is -1.78. The second-order valence-electron chi connectivity index (χ2n) is 4.33. The quantitative estimate of drug-likeness (QED) is 0.776. The number of ether oxygens (including phenoxy) is 1. The Morgan fingerprint density at radius 3 is 3.00 bits per heavy atom. The number of nitrogens with zero attached hydrogens (tertiary/aromatic N) is 1. The van der Waals surface area contributed by atoms with Gasteiger partial charge in [0.05, 0.1) is 19.0 Å². The van der Waals surface area contributed by atoms with Crippen LogP contribution < -0.4 is 11.1 Å². The molecule has 92 valence electrons. The normalized spacial score (nSPS) is 15.1. The molecule has 0 unspecified atom stereocenters. The third-order valence-corrected chi connectivity index (χ3v) is 3.10. The molecule has 1 aliphatic rings. The number of aromatic nitrogens is 1. The largest absolute Gasteiger partial charge is 0.465 e. The van der Waals surface area contributed by atoms with Gasteiger partial charge in [-0.15, -0.1) is 0 Å². The Morgan fingerprint density at radius 1 is 1.65 bits per heavy atom. The van der Waals surface area contributed by atoms with Crippen molar-refractivity contribution in [2.75, 3.05) is 24.7 Å². The van der Waals surface area contributed by atoms with E-state index in [0.717, 1.165) is 6.54 Å². The van der Waals surface area contributed by atoms with Crippen LogP contribution in [0.15, 0.2) is 12.3 Å². The monoisotopic (exact) mass is 235 g/mol. The van der Waals surface area contributed by atoms with Crippen molar-refractivity contribution < 1.29 is 9.53 Å². The summed E-state index contributed by atoms with van der Waals surface area (Å²) >= 11 is 0. The Labute approximate surface area is 100 Å². The highest BCUT2D eigenvalue weighted by molar-refractivity contribution is 5.95. The van der Waals surface area contributed by atoms with Gasteiger partial charge in [0.15, 0.2) is 0 Å². The molecule has 1 heterocycles. The van der Waals surface area contributed by atoms with Crippen LogP contribution in [0, 0.1) is 5.92 Å². The van der Waals surface area contributed by atoms with Gasteiger partial charge in [0.2, 0.25) is 0 Å². The summed E-state index contributed by atoms with van der Waals surface area (Å²) in [5.74, 6) is 0.832. The van der Waals surface area contributed by atoms with Crippen LogP contribution in [-0.2, 0) is 4.74 Å². The number of carbonyl (C=O) groups is 1. The van der Waals surface area contributed by atoms with Crippen LogP contribution in [0.2, 0.25) is 0 Å². The van der Waals surface area contributed by atoms with Gasteiger partial charge in [-0.1, -0.05) is 6.42 Å². The summed E-state index contributed by atoms with van der Waals surface area (Å²) in [6.07, 6.45) is 5.33.